The molecule has 2 rings (SSSR count). The van der Waals surface area contributed by atoms with Crippen LogP contribution in [0.1, 0.15) is 25.3 Å². The molecular formula is C21H27ClN2O4S. The van der Waals surface area contributed by atoms with Gasteiger partial charge in [-0.1, -0.05) is 36.7 Å². The lowest BCUT2D eigenvalue weighted by atomic mass is 10.1. The van der Waals surface area contributed by atoms with E-state index in [1.807, 2.05) is 24.3 Å². The first kappa shape index (κ1) is 23.0. The Kier molecular flexibility index (Phi) is 8.34. The van der Waals surface area contributed by atoms with E-state index in [1.54, 1.807) is 38.3 Å². The second-order valence-corrected chi connectivity index (χ2v) is 8.96. The van der Waals surface area contributed by atoms with Gasteiger partial charge in [0, 0.05) is 11.6 Å². The van der Waals surface area contributed by atoms with E-state index in [4.69, 9.17) is 16.3 Å². The highest BCUT2D eigenvalue weighted by Gasteiger charge is 2.31. The Bertz CT molecular complexity index is 917. The number of hydrogen-bond donors (Lipinski definition) is 1. The van der Waals surface area contributed by atoms with Gasteiger partial charge in [0.05, 0.1) is 19.1 Å². The van der Waals surface area contributed by atoms with Crippen molar-refractivity contribution in [3.8, 4) is 5.75 Å². The number of carbonyl (C=O) groups excluding carboxylic acids is 1. The summed E-state index contributed by atoms with van der Waals surface area (Å²) in [5.74, 6) is 0.490. The summed E-state index contributed by atoms with van der Waals surface area (Å²) < 4.78 is 31.3. The van der Waals surface area contributed by atoms with E-state index < -0.39 is 16.1 Å². The van der Waals surface area contributed by atoms with Gasteiger partial charge in [0.2, 0.25) is 15.9 Å². The zero-order valence-corrected chi connectivity index (χ0v) is 18.5. The molecule has 0 saturated heterocycles. The van der Waals surface area contributed by atoms with Crippen LogP contribution < -0.4 is 14.4 Å². The maximum atomic E-state index is 12.8. The number of hydrogen-bond acceptors (Lipinski definition) is 4. The van der Waals surface area contributed by atoms with Crippen LogP contribution in [-0.4, -0.2) is 40.3 Å². The van der Waals surface area contributed by atoms with E-state index in [0.29, 0.717) is 30.1 Å². The molecular weight excluding hydrogens is 412 g/mol. The summed E-state index contributed by atoms with van der Waals surface area (Å²) in [5, 5.41) is 3.36. The van der Waals surface area contributed by atoms with Crippen molar-refractivity contribution in [1.29, 1.82) is 0 Å². The Balaban J connectivity index is 2.04. The van der Waals surface area contributed by atoms with Crippen LogP contribution in [0, 0.1) is 0 Å². The molecule has 0 unspecified atom stereocenters. The molecule has 0 radical (unpaired) electrons. The minimum atomic E-state index is -3.66. The number of halogens is 1. The minimum absolute atomic E-state index is 0.326. The molecule has 1 amide bonds. The van der Waals surface area contributed by atoms with Crippen molar-refractivity contribution in [3.63, 3.8) is 0 Å². The summed E-state index contributed by atoms with van der Waals surface area (Å²) in [6.45, 7) is 2.22. The van der Waals surface area contributed by atoms with Crippen molar-refractivity contribution in [3.05, 3.63) is 59.1 Å². The van der Waals surface area contributed by atoms with E-state index in [0.717, 1.165) is 28.3 Å². The number of nitrogens with one attached hydrogen (secondary N) is 1. The van der Waals surface area contributed by atoms with E-state index in [1.165, 1.54) is 0 Å². The van der Waals surface area contributed by atoms with Crippen molar-refractivity contribution < 1.29 is 17.9 Å². The molecule has 0 aliphatic heterocycles. The molecule has 0 aromatic heterocycles. The van der Waals surface area contributed by atoms with Gasteiger partial charge in [0.15, 0.2) is 0 Å². The lowest BCUT2D eigenvalue weighted by molar-refractivity contribution is -0.122. The van der Waals surface area contributed by atoms with Crippen LogP contribution >= 0.6 is 11.6 Å². The topological polar surface area (TPSA) is 75.7 Å². The van der Waals surface area contributed by atoms with Crippen molar-refractivity contribution in [2.45, 2.75) is 32.2 Å². The number of para-hydroxylation sites is 1. The highest BCUT2D eigenvalue weighted by atomic mass is 35.5. The van der Waals surface area contributed by atoms with Gasteiger partial charge >= 0.3 is 0 Å². The molecule has 0 spiro atoms. The molecule has 0 aliphatic carbocycles. The smallest absolute Gasteiger partial charge is 0.243 e. The molecule has 2 aromatic rings. The Morgan fingerprint density at radius 1 is 1.17 bits per heavy atom. The molecule has 0 fully saturated rings. The van der Waals surface area contributed by atoms with Crippen LogP contribution in [-0.2, 0) is 21.2 Å². The summed E-state index contributed by atoms with van der Waals surface area (Å²) in [7, 11) is -2.03. The van der Waals surface area contributed by atoms with Crippen molar-refractivity contribution in [1.82, 2.24) is 5.32 Å². The first-order chi connectivity index (χ1) is 13.8. The van der Waals surface area contributed by atoms with Gasteiger partial charge in [0.25, 0.3) is 0 Å². The average Bonchev–Trinajstić information content (AvgIpc) is 2.69. The van der Waals surface area contributed by atoms with Gasteiger partial charge in [-0.3, -0.25) is 9.10 Å². The fraction of sp³-hybridized carbons (Fsp3) is 0.381. The summed E-state index contributed by atoms with van der Waals surface area (Å²) >= 11 is 5.91. The molecule has 0 saturated carbocycles. The third kappa shape index (κ3) is 6.37. The van der Waals surface area contributed by atoms with Gasteiger partial charge in [-0.15, -0.1) is 0 Å². The molecule has 1 atom stereocenters. The highest BCUT2D eigenvalue weighted by molar-refractivity contribution is 7.92. The number of benzene rings is 2. The quantitative estimate of drug-likeness (QED) is 0.574. The Labute approximate surface area is 177 Å². The number of rotatable bonds is 10. The second kappa shape index (κ2) is 10.5. The molecule has 6 nitrogen and oxygen atoms in total. The normalized spacial score (nSPS) is 12.3. The number of sulfonamides is 1. The van der Waals surface area contributed by atoms with Gasteiger partial charge in [0.1, 0.15) is 11.8 Å². The SMILES string of the molecule is CC[C@H](C(=O)NCCCc1ccccc1OC)N(c1ccc(Cl)cc1)S(C)(=O)=O. The lowest BCUT2D eigenvalue weighted by Crippen LogP contribution is -2.49. The van der Waals surface area contributed by atoms with Gasteiger partial charge in [-0.2, -0.15) is 0 Å². The third-order valence-electron chi connectivity index (χ3n) is 4.53. The highest BCUT2D eigenvalue weighted by Crippen LogP contribution is 2.24. The standard InChI is InChI=1S/C21H27ClN2O4S/c1-4-19(24(29(3,26)27)18-13-11-17(22)12-14-18)21(25)23-15-7-9-16-8-5-6-10-20(16)28-2/h5-6,8,10-14,19H,4,7,9,15H2,1-3H3,(H,23,25)/t19-/m1/s1. The number of aryl methyl sites for hydroxylation is 1. The van der Waals surface area contributed by atoms with Gasteiger partial charge < -0.3 is 10.1 Å². The fourth-order valence-corrected chi connectivity index (χ4v) is 4.50. The van der Waals surface area contributed by atoms with E-state index >= 15 is 0 Å². The fourth-order valence-electron chi connectivity index (χ4n) is 3.17. The van der Waals surface area contributed by atoms with E-state index in [2.05, 4.69) is 5.32 Å². The van der Waals surface area contributed by atoms with E-state index in [9.17, 15) is 13.2 Å². The number of carbonyl (C=O) groups is 1. The second-order valence-electron chi connectivity index (χ2n) is 6.67. The summed E-state index contributed by atoms with van der Waals surface area (Å²) in [6.07, 6.45) is 2.89. The average molecular weight is 439 g/mol. The molecule has 158 valence electrons. The van der Waals surface area contributed by atoms with Crippen LogP contribution in [0.2, 0.25) is 5.02 Å². The maximum Gasteiger partial charge on any atom is 0.243 e. The summed E-state index contributed by atoms with van der Waals surface area (Å²) in [4.78, 5) is 12.8. The third-order valence-corrected chi connectivity index (χ3v) is 5.96. The predicted molar refractivity (Wildman–Crippen MR) is 117 cm³/mol. The van der Waals surface area contributed by atoms with E-state index in [-0.39, 0.29) is 5.91 Å². The minimum Gasteiger partial charge on any atom is -0.496 e. The van der Waals surface area contributed by atoms with Crippen molar-refractivity contribution >= 4 is 33.2 Å². The molecule has 8 heteroatoms. The monoisotopic (exact) mass is 438 g/mol. The maximum absolute atomic E-state index is 12.8. The number of ether oxygens (including phenoxy) is 1. The van der Waals surface area contributed by atoms with Crippen LogP contribution in [0.3, 0.4) is 0 Å². The van der Waals surface area contributed by atoms with Crippen LogP contribution in [0.25, 0.3) is 0 Å². The molecule has 29 heavy (non-hydrogen) atoms. The first-order valence-corrected chi connectivity index (χ1v) is 11.6. The zero-order valence-electron chi connectivity index (χ0n) is 16.9. The molecule has 0 aliphatic rings. The predicted octanol–water partition coefficient (Wildman–Crippen LogP) is 3.64. The molecule has 1 N–H and O–H groups in total. The first-order valence-electron chi connectivity index (χ1n) is 9.42. The van der Waals surface area contributed by atoms with Gasteiger partial charge in [-0.05, 0) is 55.2 Å². The molecule has 0 bridgehead atoms. The lowest BCUT2D eigenvalue weighted by Gasteiger charge is -2.30. The Morgan fingerprint density at radius 2 is 1.83 bits per heavy atom. The van der Waals surface area contributed by atoms with Crippen LogP contribution in [0.4, 0.5) is 5.69 Å². The summed E-state index contributed by atoms with van der Waals surface area (Å²) in [6, 6.07) is 13.3. The largest absolute Gasteiger partial charge is 0.496 e. The Hall–Kier alpha value is -2.25. The number of nitrogens with zero attached hydrogens (tertiary/aromatic N) is 1. The van der Waals surface area contributed by atoms with Crippen LogP contribution in [0.15, 0.2) is 48.5 Å². The molecule has 2 aromatic carbocycles. The summed E-state index contributed by atoms with van der Waals surface area (Å²) in [5.41, 5.74) is 1.48. The number of anilines is 1. The number of methoxy groups -OCH3 is 1. The zero-order chi connectivity index (χ0) is 21.4. The van der Waals surface area contributed by atoms with Gasteiger partial charge in [-0.25, -0.2) is 8.42 Å². The molecule has 0 heterocycles. The van der Waals surface area contributed by atoms with Crippen molar-refractivity contribution in [2.24, 2.45) is 0 Å². The Morgan fingerprint density at radius 3 is 2.41 bits per heavy atom. The van der Waals surface area contributed by atoms with Crippen molar-refractivity contribution in [2.75, 3.05) is 24.2 Å². The number of amides is 1. The van der Waals surface area contributed by atoms with Crippen LogP contribution in [0.5, 0.6) is 5.75 Å².